The van der Waals surface area contributed by atoms with Crippen molar-refractivity contribution in [3.63, 3.8) is 0 Å². The largest absolute Gasteiger partial charge is 0.465 e. The highest BCUT2D eigenvalue weighted by molar-refractivity contribution is 6.33. The highest BCUT2D eigenvalue weighted by Gasteiger charge is 2.14. The molecule has 0 aliphatic heterocycles. The first kappa shape index (κ1) is 15.7. The Bertz CT molecular complexity index is 801. The number of aryl methyl sites for hydroxylation is 1. The van der Waals surface area contributed by atoms with Crippen LogP contribution in [0.4, 0.5) is 5.69 Å². The van der Waals surface area contributed by atoms with Crippen LogP contribution in [0.15, 0.2) is 35.1 Å². The normalized spacial score (nSPS) is 10.1. The van der Waals surface area contributed by atoms with Crippen molar-refractivity contribution in [2.45, 2.75) is 0 Å². The maximum atomic E-state index is 12.1. The minimum atomic E-state index is -0.610. The number of anilines is 1. The molecule has 8 heteroatoms. The van der Waals surface area contributed by atoms with Crippen LogP contribution in [0.25, 0.3) is 0 Å². The Morgan fingerprint density at radius 3 is 2.64 bits per heavy atom. The van der Waals surface area contributed by atoms with Crippen LogP contribution in [0.2, 0.25) is 5.02 Å². The predicted octanol–water partition coefficient (Wildman–Crippen LogP) is 1.47. The van der Waals surface area contributed by atoms with E-state index in [1.54, 1.807) is 0 Å². The molecule has 0 fully saturated rings. The van der Waals surface area contributed by atoms with Gasteiger partial charge in [-0.3, -0.25) is 9.59 Å². The van der Waals surface area contributed by atoms with E-state index in [0.717, 1.165) is 4.68 Å². The van der Waals surface area contributed by atoms with Gasteiger partial charge in [-0.05, 0) is 24.3 Å². The summed E-state index contributed by atoms with van der Waals surface area (Å²) in [4.78, 5) is 34.9. The molecule has 0 unspecified atom stereocenters. The maximum Gasteiger partial charge on any atom is 0.339 e. The monoisotopic (exact) mass is 321 g/mol. The number of carbonyl (C=O) groups is 2. The maximum absolute atomic E-state index is 12.1. The Balaban J connectivity index is 2.26. The van der Waals surface area contributed by atoms with Gasteiger partial charge in [0.1, 0.15) is 5.69 Å². The van der Waals surface area contributed by atoms with Crippen LogP contribution < -0.4 is 10.9 Å². The van der Waals surface area contributed by atoms with Gasteiger partial charge in [-0.15, -0.1) is 0 Å². The lowest BCUT2D eigenvalue weighted by molar-refractivity contribution is 0.0600. The van der Waals surface area contributed by atoms with Crippen molar-refractivity contribution in [3.05, 3.63) is 57.0 Å². The second kappa shape index (κ2) is 6.40. The first-order valence-electron chi connectivity index (χ1n) is 6.16. The van der Waals surface area contributed by atoms with E-state index in [0.29, 0.717) is 5.69 Å². The fraction of sp³-hybridized carbons (Fsp3) is 0.143. The number of aromatic nitrogens is 2. The average Bonchev–Trinajstić information content (AvgIpc) is 2.51. The third-order valence-electron chi connectivity index (χ3n) is 2.82. The van der Waals surface area contributed by atoms with Crippen molar-refractivity contribution in [1.29, 1.82) is 0 Å². The van der Waals surface area contributed by atoms with Gasteiger partial charge in [0.25, 0.3) is 11.5 Å². The Morgan fingerprint density at radius 2 is 2.00 bits per heavy atom. The van der Waals surface area contributed by atoms with Gasteiger partial charge in [0.05, 0.1) is 17.7 Å². The van der Waals surface area contributed by atoms with Crippen LogP contribution in [-0.4, -0.2) is 28.8 Å². The van der Waals surface area contributed by atoms with Crippen LogP contribution in [0.1, 0.15) is 20.8 Å². The van der Waals surface area contributed by atoms with Gasteiger partial charge < -0.3 is 10.1 Å². The molecule has 0 aliphatic carbocycles. The quantitative estimate of drug-likeness (QED) is 0.865. The second-order valence-corrected chi connectivity index (χ2v) is 4.73. The summed E-state index contributed by atoms with van der Waals surface area (Å²) in [6.07, 6.45) is 0. The molecule has 1 heterocycles. The van der Waals surface area contributed by atoms with Crippen LogP contribution in [0.5, 0.6) is 0 Å². The Kier molecular flexibility index (Phi) is 4.57. The molecule has 22 heavy (non-hydrogen) atoms. The van der Waals surface area contributed by atoms with Crippen molar-refractivity contribution in [3.8, 4) is 0 Å². The molecule has 2 rings (SSSR count). The molecule has 0 radical (unpaired) electrons. The highest BCUT2D eigenvalue weighted by atomic mass is 35.5. The first-order chi connectivity index (χ1) is 10.4. The van der Waals surface area contributed by atoms with Crippen molar-refractivity contribution in [2.24, 2.45) is 7.05 Å². The van der Waals surface area contributed by atoms with Gasteiger partial charge in [0.15, 0.2) is 0 Å². The number of hydrogen-bond acceptors (Lipinski definition) is 5. The molecular weight excluding hydrogens is 310 g/mol. The number of halogens is 1. The van der Waals surface area contributed by atoms with Gasteiger partial charge in [-0.1, -0.05) is 11.6 Å². The zero-order valence-corrected chi connectivity index (χ0v) is 12.5. The fourth-order valence-electron chi connectivity index (χ4n) is 1.69. The molecule has 0 atom stereocenters. The minimum absolute atomic E-state index is 0.0664. The van der Waals surface area contributed by atoms with Gasteiger partial charge in [-0.2, -0.15) is 5.10 Å². The summed E-state index contributed by atoms with van der Waals surface area (Å²) < 4.78 is 5.66. The standard InChI is InChI=1S/C14H12ClN3O4/c1-18-12(19)6-5-11(17-18)13(20)16-8-3-4-10(15)9(7-8)14(21)22-2/h3-7H,1-2H3,(H,16,20). The minimum Gasteiger partial charge on any atom is -0.465 e. The Morgan fingerprint density at radius 1 is 1.27 bits per heavy atom. The number of benzene rings is 1. The SMILES string of the molecule is COC(=O)c1cc(NC(=O)c2ccc(=O)n(C)n2)ccc1Cl. The summed E-state index contributed by atoms with van der Waals surface area (Å²) in [6.45, 7) is 0. The predicted molar refractivity (Wildman–Crippen MR) is 80.2 cm³/mol. The molecule has 0 aliphatic rings. The van der Waals surface area contributed by atoms with Crippen LogP contribution in [0, 0.1) is 0 Å². The topological polar surface area (TPSA) is 90.3 Å². The van der Waals surface area contributed by atoms with E-state index in [9.17, 15) is 14.4 Å². The first-order valence-corrected chi connectivity index (χ1v) is 6.53. The van der Waals surface area contributed by atoms with Gasteiger partial charge in [0.2, 0.25) is 0 Å². The molecule has 0 spiro atoms. The highest BCUT2D eigenvalue weighted by Crippen LogP contribution is 2.21. The number of esters is 1. The number of nitrogens with zero attached hydrogens (tertiary/aromatic N) is 2. The summed E-state index contributed by atoms with van der Waals surface area (Å²) in [6, 6.07) is 6.96. The molecule has 2 aromatic rings. The molecule has 1 aromatic carbocycles. The Hall–Kier alpha value is -2.67. The number of carbonyl (C=O) groups excluding carboxylic acids is 2. The summed E-state index contributed by atoms with van der Waals surface area (Å²) in [5.41, 5.74) is 0.230. The van der Waals surface area contributed by atoms with E-state index in [1.807, 2.05) is 0 Å². The zero-order chi connectivity index (χ0) is 16.3. The third kappa shape index (κ3) is 3.32. The molecule has 0 saturated heterocycles. The Labute approximate surface area is 130 Å². The van der Waals surface area contributed by atoms with Crippen LogP contribution in [0.3, 0.4) is 0 Å². The van der Waals surface area contributed by atoms with E-state index in [2.05, 4.69) is 15.2 Å². The summed E-state index contributed by atoms with van der Waals surface area (Å²) >= 11 is 5.90. The number of amides is 1. The van der Waals surface area contributed by atoms with Gasteiger partial charge in [0, 0.05) is 18.8 Å². The molecule has 0 saturated carbocycles. The lowest BCUT2D eigenvalue weighted by Gasteiger charge is -2.08. The van der Waals surface area contributed by atoms with Gasteiger partial charge >= 0.3 is 5.97 Å². The van der Waals surface area contributed by atoms with Crippen molar-refractivity contribution >= 4 is 29.2 Å². The lowest BCUT2D eigenvalue weighted by Crippen LogP contribution is -2.23. The molecule has 1 N–H and O–H groups in total. The van der Waals surface area contributed by atoms with E-state index in [-0.39, 0.29) is 21.8 Å². The molecule has 1 aromatic heterocycles. The van der Waals surface area contributed by atoms with Crippen molar-refractivity contribution < 1.29 is 14.3 Å². The van der Waals surface area contributed by atoms with Crippen molar-refractivity contribution in [1.82, 2.24) is 9.78 Å². The second-order valence-electron chi connectivity index (χ2n) is 4.32. The number of methoxy groups -OCH3 is 1. The summed E-state index contributed by atoms with van der Waals surface area (Å²) in [7, 11) is 2.68. The molecule has 0 bridgehead atoms. The van der Waals surface area contributed by atoms with E-state index >= 15 is 0 Å². The molecule has 1 amide bonds. The molecular formula is C14H12ClN3O4. The zero-order valence-electron chi connectivity index (χ0n) is 11.8. The number of ether oxygens (including phenoxy) is 1. The number of nitrogens with one attached hydrogen (secondary N) is 1. The smallest absolute Gasteiger partial charge is 0.339 e. The van der Waals surface area contributed by atoms with Crippen LogP contribution >= 0.6 is 11.6 Å². The fourth-order valence-corrected chi connectivity index (χ4v) is 1.88. The summed E-state index contributed by atoms with van der Waals surface area (Å²) in [5, 5.41) is 6.62. The van der Waals surface area contributed by atoms with E-state index in [4.69, 9.17) is 11.6 Å². The van der Waals surface area contributed by atoms with E-state index < -0.39 is 11.9 Å². The lowest BCUT2D eigenvalue weighted by atomic mass is 10.2. The number of rotatable bonds is 3. The number of hydrogen-bond donors (Lipinski definition) is 1. The van der Waals surface area contributed by atoms with Crippen LogP contribution in [-0.2, 0) is 11.8 Å². The third-order valence-corrected chi connectivity index (χ3v) is 3.15. The van der Waals surface area contributed by atoms with Gasteiger partial charge in [-0.25, -0.2) is 9.48 Å². The average molecular weight is 322 g/mol. The summed E-state index contributed by atoms with van der Waals surface area (Å²) in [5.74, 6) is -1.13. The molecule has 7 nitrogen and oxygen atoms in total. The van der Waals surface area contributed by atoms with Crippen molar-refractivity contribution in [2.75, 3.05) is 12.4 Å². The molecule has 114 valence electrons. The van der Waals surface area contributed by atoms with E-state index in [1.165, 1.54) is 44.5 Å².